The highest BCUT2D eigenvalue weighted by Crippen LogP contribution is 2.45. The van der Waals surface area contributed by atoms with Crippen LogP contribution in [0.25, 0.3) is 0 Å². The molecule has 0 unspecified atom stereocenters. The van der Waals surface area contributed by atoms with Gasteiger partial charge in [0.25, 0.3) is 5.91 Å². The predicted octanol–water partition coefficient (Wildman–Crippen LogP) is 4.04. The number of thiazole rings is 1. The van der Waals surface area contributed by atoms with E-state index < -0.39 is 12.0 Å². The van der Waals surface area contributed by atoms with Gasteiger partial charge in [0, 0.05) is 17.5 Å². The molecule has 0 spiro atoms. The van der Waals surface area contributed by atoms with E-state index in [0.29, 0.717) is 27.8 Å². The van der Waals surface area contributed by atoms with E-state index in [4.69, 9.17) is 9.47 Å². The van der Waals surface area contributed by atoms with E-state index in [1.165, 1.54) is 11.3 Å². The number of hydrogen-bond donors (Lipinski definition) is 1. The quantitative estimate of drug-likeness (QED) is 0.672. The van der Waals surface area contributed by atoms with Gasteiger partial charge >= 0.3 is 0 Å². The maximum absolute atomic E-state index is 13.6. The van der Waals surface area contributed by atoms with Gasteiger partial charge in [-0.3, -0.25) is 9.59 Å². The number of rotatable bonds is 3. The summed E-state index contributed by atoms with van der Waals surface area (Å²) in [5.74, 6) is 0.335. The van der Waals surface area contributed by atoms with Crippen LogP contribution in [0.1, 0.15) is 44.0 Å². The molecule has 0 bridgehead atoms. The van der Waals surface area contributed by atoms with E-state index in [9.17, 15) is 9.59 Å². The summed E-state index contributed by atoms with van der Waals surface area (Å²) in [6.07, 6.45) is 0. The lowest BCUT2D eigenvalue weighted by Crippen LogP contribution is -2.44. The van der Waals surface area contributed by atoms with Crippen molar-refractivity contribution in [1.29, 1.82) is 0 Å². The molecule has 31 heavy (non-hydrogen) atoms. The van der Waals surface area contributed by atoms with Crippen LogP contribution in [0.4, 0.5) is 5.13 Å². The summed E-state index contributed by atoms with van der Waals surface area (Å²) in [5, 5.41) is 3.53. The van der Waals surface area contributed by atoms with Gasteiger partial charge in [0.05, 0.1) is 17.7 Å². The van der Waals surface area contributed by atoms with Crippen LogP contribution >= 0.6 is 11.3 Å². The molecule has 0 saturated carbocycles. The SMILES string of the molecule is Cc1nc(NC(=O)[C@@H]2c3ccccc3C(=O)N(C)[C@H]2c2ccc3c(c2)OCO3)sc1C. The van der Waals surface area contributed by atoms with E-state index in [1.807, 2.05) is 50.2 Å². The van der Waals surface area contributed by atoms with Crippen molar-refractivity contribution in [3.8, 4) is 11.5 Å². The molecule has 2 atom stereocenters. The lowest BCUT2D eigenvalue weighted by molar-refractivity contribution is -0.119. The number of aryl methyl sites for hydroxylation is 2. The first-order valence-electron chi connectivity index (χ1n) is 9.94. The van der Waals surface area contributed by atoms with Gasteiger partial charge in [-0.15, -0.1) is 11.3 Å². The van der Waals surface area contributed by atoms with Crippen molar-refractivity contribution < 1.29 is 19.1 Å². The Labute approximate surface area is 183 Å². The third-order valence-corrected chi connectivity index (χ3v) is 6.85. The van der Waals surface area contributed by atoms with Gasteiger partial charge in [-0.1, -0.05) is 24.3 Å². The Kier molecular flexibility index (Phi) is 4.66. The number of benzene rings is 2. The third kappa shape index (κ3) is 3.23. The van der Waals surface area contributed by atoms with Crippen LogP contribution in [0.2, 0.25) is 0 Å². The summed E-state index contributed by atoms with van der Waals surface area (Å²) in [4.78, 5) is 33.9. The summed E-state index contributed by atoms with van der Waals surface area (Å²) in [7, 11) is 1.73. The molecule has 5 rings (SSSR count). The maximum atomic E-state index is 13.6. The third-order valence-electron chi connectivity index (χ3n) is 5.86. The highest BCUT2D eigenvalue weighted by molar-refractivity contribution is 7.15. The standard InChI is InChI=1S/C23H21N3O4S/c1-12-13(2)31-23(24-12)25-21(27)19-15-6-4-5-7-16(15)22(28)26(3)20(19)14-8-9-17-18(10-14)30-11-29-17/h4-10,19-20H,11H2,1-3H3,(H,24,25,27)/t19-,20+/m1/s1. The predicted molar refractivity (Wildman–Crippen MR) is 117 cm³/mol. The number of ether oxygens (including phenoxy) is 2. The number of amides is 2. The lowest BCUT2D eigenvalue weighted by Gasteiger charge is -2.39. The van der Waals surface area contributed by atoms with E-state index in [1.54, 1.807) is 18.0 Å². The van der Waals surface area contributed by atoms with Crippen LogP contribution in [0.3, 0.4) is 0 Å². The molecular formula is C23H21N3O4S. The van der Waals surface area contributed by atoms with E-state index >= 15 is 0 Å². The number of nitrogens with one attached hydrogen (secondary N) is 1. The van der Waals surface area contributed by atoms with Crippen molar-refractivity contribution in [1.82, 2.24) is 9.88 Å². The van der Waals surface area contributed by atoms with Gasteiger partial charge in [-0.25, -0.2) is 4.98 Å². The average Bonchev–Trinajstić information content (AvgIpc) is 3.35. The number of hydrogen-bond acceptors (Lipinski definition) is 6. The Morgan fingerprint density at radius 3 is 2.71 bits per heavy atom. The molecule has 3 heterocycles. The van der Waals surface area contributed by atoms with Crippen LogP contribution < -0.4 is 14.8 Å². The van der Waals surface area contributed by atoms with Gasteiger partial charge in [0.1, 0.15) is 0 Å². The van der Waals surface area contributed by atoms with Crippen LogP contribution in [0.15, 0.2) is 42.5 Å². The minimum atomic E-state index is -0.608. The monoisotopic (exact) mass is 435 g/mol. The van der Waals surface area contributed by atoms with E-state index in [0.717, 1.165) is 16.1 Å². The molecule has 2 aliphatic heterocycles. The fourth-order valence-corrected chi connectivity index (χ4v) is 5.00. The van der Waals surface area contributed by atoms with Crippen molar-refractivity contribution in [2.24, 2.45) is 0 Å². The number of carbonyl (C=O) groups excluding carboxylic acids is 2. The van der Waals surface area contributed by atoms with Gasteiger partial charge in [0.15, 0.2) is 16.6 Å². The molecule has 0 aliphatic carbocycles. The van der Waals surface area contributed by atoms with Crippen molar-refractivity contribution in [2.75, 3.05) is 19.2 Å². The first-order valence-corrected chi connectivity index (χ1v) is 10.8. The molecular weight excluding hydrogens is 414 g/mol. The second-order valence-corrected chi connectivity index (χ2v) is 8.89. The van der Waals surface area contributed by atoms with Crippen molar-refractivity contribution >= 4 is 28.3 Å². The highest BCUT2D eigenvalue weighted by atomic mass is 32.1. The Hall–Kier alpha value is -3.39. The number of fused-ring (bicyclic) bond motifs is 2. The van der Waals surface area contributed by atoms with Crippen LogP contribution in [-0.4, -0.2) is 35.5 Å². The zero-order chi connectivity index (χ0) is 21.7. The second kappa shape index (κ2) is 7.39. The first kappa shape index (κ1) is 19.6. The van der Waals surface area contributed by atoms with Gasteiger partial charge in [0.2, 0.25) is 12.7 Å². The fourth-order valence-electron chi connectivity index (χ4n) is 4.18. The molecule has 1 N–H and O–H groups in total. The van der Waals surface area contributed by atoms with Crippen molar-refractivity contribution in [3.63, 3.8) is 0 Å². The number of likely N-dealkylation sites (N-methyl/N-ethyl adjacent to an activating group) is 1. The van der Waals surface area contributed by atoms with Crippen LogP contribution in [0.5, 0.6) is 11.5 Å². The molecule has 7 nitrogen and oxygen atoms in total. The summed E-state index contributed by atoms with van der Waals surface area (Å²) >= 11 is 1.44. The summed E-state index contributed by atoms with van der Waals surface area (Å²) < 4.78 is 11.0. The smallest absolute Gasteiger partial charge is 0.254 e. The van der Waals surface area contributed by atoms with Crippen LogP contribution in [0, 0.1) is 13.8 Å². The zero-order valence-electron chi connectivity index (χ0n) is 17.3. The number of anilines is 1. The molecule has 158 valence electrons. The molecule has 2 amide bonds. The van der Waals surface area contributed by atoms with Gasteiger partial charge < -0.3 is 19.7 Å². The summed E-state index contributed by atoms with van der Waals surface area (Å²) in [6, 6.07) is 12.3. The minimum absolute atomic E-state index is 0.122. The zero-order valence-corrected chi connectivity index (χ0v) is 18.2. The lowest BCUT2D eigenvalue weighted by atomic mass is 9.79. The van der Waals surface area contributed by atoms with Gasteiger partial charge in [-0.05, 0) is 43.2 Å². The molecule has 0 fully saturated rings. The first-order chi connectivity index (χ1) is 14.9. The Balaban J connectivity index is 1.60. The maximum Gasteiger partial charge on any atom is 0.254 e. The molecule has 0 saturated heterocycles. The average molecular weight is 436 g/mol. The van der Waals surface area contributed by atoms with E-state index in [2.05, 4.69) is 10.3 Å². The molecule has 8 heteroatoms. The molecule has 1 aromatic heterocycles. The molecule has 3 aromatic rings. The number of nitrogens with zero attached hydrogens (tertiary/aromatic N) is 2. The topological polar surface area (TPSA) is 80.8 Å². The van der Waals surface area contributed by atoms with Gasteiger partial charge in [-0.2, -0.15) is 0 Å². The van der Waals surface area contributed by atoms with Crippen molar-refractivity contribution in [2.45, 2.75) is 25.8 Å². The minimum Gasteiger partial charge on any atom is -0.454 e. The Bertz CT molecular complexity index is 1190. The number of carbonyl (C=O) groups is 2. The molecule has 2 aliphatic rings. The Morgan fingerprint density at radius 1 is 1.16 bits per heavy atom. The Morgan fingerprint density at radius 2 is 1.94 bits per heavy atom. The fraction of sp³-hybridized carbons (Fsp3) is 0.261. The normalized spacial score (nSPS) is 19.3. The van der Waals surface area contributed by atoms with Crippen LogP contribution in [-0.2, 0) is 4.79 Å². The van der Waals surface area contributed by atoms with E-state index in [-0.39, 0.29) is 18.6 Å². The summed E-state index contributed by atoms with van der Waals surface area (Å²) in [6.45, 7) is 4.05. The highest BCUT2D eigenvalue weighted by Gasteiger charge is 2.43. The van der Waals surface area contributed by atoms with Crippen molar-refractivity contribution in [3.05, 3.63) is 69.7 Å². The largest absolute Gasteiger partial charge is 0.454 e. The second-order valence-electron chi connectivity index (χ2n) is 7.69. The number of aromatic nitrogens is 1. The molecule has 2 aromatic carbocycles. The summed E-state index contributed by atoms with van der Waals surface area (Å²) in [5.41, 5.74) is 2.94. The molecule has 0 radical (unpaired) electrons.